The average molecular weight is 355 g/mol. The SMILES string of the molecule is COc1n[nH]c(NC(=O)CCCOc2ccc(Br)cc2)n1. The van der Waals surface area contributed by atoms with Crippen LogP contribution in [0.15, 0.2) is 28.7 Å². The molecule has 1 heterocycles. The number of amides is 1. The highest BCUT2D eigenvalue weighted by Crippen LogP contribution is 2.16. The number of nitrogens with one attached hydrogen (secondary N) is 2. The molecule has 1 amide bonds. The Kier molecular flexibility index (Phi) is 5.56. The summed E-state index contributed by atoms with van der Waals surface area (Å²) in [6.07, 6.45) is 0.937. The van der Waals surface area contributed by atoms with Crippen molar-refractivity contribution in [3.8, 4) is 11.8 Å². The number of nitrogens with zero attached hydrogens (tertiary/aromatic N) is 2. The van der Waals surface area contributed by atoms with E-state index in [-0.39, 0.29) is 17.9 Å². The van der Waals surface area contributed by atoms with E-state index in [0.717, 1.165) is 10.2 Å². The molecule has 0 spiro atoms. The average Bonchev–Trinajstić information content (AvgIpc) is 2.93. The van der Waals surface area contributed by atoms with E-state index in [2.05, 4.69) is 36.4 Å². The first-order valence-electron chi connectivity index (χ1n) is 6.32. The molecule has 0 unspecified atom stereocenters. The van der Waals surface area contributed by atoms with Gasteiger partial charge in [-0.25, -0.2) is 5.10 Å². The van der Waals surface area contributed by atoms with E-state index in [4.69, 9.17) is 9.47 Å². The first-order valence-corrected chi connectivity index (χ1v) is 7.11. The van der Waals surface area contributed by atoms with Gasteiger partial charge in [-0.05, 0) is 30.7 Å². The number of methoxy groups -OCH3 is 1. The maximum atomic E-state index is 11.7. The Balaban J connectivity index is 1.66. The summed E-state index contributed by atoms with van der Waals surface area (Å²) >= 11 is 3.35. The fourth-order valence-electron chi connectivity index (χ4n) is 1.54. The van der Waals surface area contributed by atoms with Crippen molar-refractivity contribution in [3.05, 3.63) is 28.7 Å². The molecule has 7 nitrogen and oxygen atoms in total. The monoisotopic (exact) mass is 354 g/mol. The van der Waals surface area contributed by atoms with Gasteiger partial charge in [-0.1, -0.05) is 15.9 Å². The number of hydrogen-bond acceptors (Lipinski definition) is 5. The van der Waals surface area contributed by atoms with Crippen LogP contribution >= 0.6 is 15.9 Å². The van der Waals surface area contributed by atoms with Gasteiger partial charge in [-0.15, -0.1) is 5.10 Å². The molecule has 112 valence electrons. The molecule has 21 heavy (non-hydrogen) atoms. The maximum Gasteiger partial charge on any atom is 0.336 e. The van der Waals surface area contributed by atoms with Crippen molar-refractivity contribution in [2.45, 2.75) is 12.8 Å². The number of carbonyl (C=O) groups excluding carboxylic acids is 1. The number of anilines is 1. The van der Waals surface area contributed by atoms with E-state index < -0.39 is 0 Å². The second-order valence-corrected chi connectivity index (χ2v) is 5.04. The van der Waals surface area contributed by atoms with Gasteiger partial charge in [0.2, 0.25) is 11.9 Å². The third-order valence-corrected chi connectivity index (χ3v) is 3.06. The Morgan fingerprint density at radius 1 is 1.38 bits per heavy atom. The first-order chi connectivity index (χ1) is 10.2. The minimum absolute atomic E-state index is 0.159. The van der Waals surface area contributed by atoms with Gasteiger partial charge >= 0.3 is 6.01 Å². The third-order valence-electron chi connectivity index (χ3n) is 2.54. The van der Waals surface area contributed by atoms with Crippen molar-refractivity contribution >= 4 is 27.8 Å². The molecule has 2 rings (SSSR count). The van der Waals surface area contributed by atoms with Gasteiger partial charge in [0.25, 0.3) is 0 Å². The summed E-state index contributed by atoms with van der Waals surface area (Å²) in [4.78, 5) is 15.6. The van der Waals surface area contributed by atoms with E-state index in [9.17, 15) is 4.79 Å². The summed E-state index contributed by atoms with van der Waals surface area (Å²) in [5.41, 5.74) is 0. The summed E-state index contributed by atoms with van der Waals surface area (Å²) in [7, 11) is 1.45. The van der Waals surface area contributed by atoms with Crippen molar-refractivity contribution in [2.75, 3.05) is 19.0 Å². The highest BCUT2D eigenvalue weighted by molar-refractivity contribution is 9.10. The lowest BCUT2D eigenvalue weighted by Gasteiger charge is -2.06. The maximum absolute atomic E-state index is 11.7. The summed E-state index contributed by atoms with van der Waals surface area (Å²) in [6, 6.07) is 7.72. The highest BCUT2D eigenvalue weighted by Gasteiger charge is 2.07. The highest BCUT2D eigenvalue weighted by atomic mass is 79.9. The van der Waals surface area contributed by atoms with Crippen molar-refractivity contribution in [1.29, 1.82) is 0 Å². The van der Waals surface area contributed by atoms with Crippen LogP contribution in [0.3, 0.4) is 0 Å². The summed E-state index contributed by atoms with van der Waals surface area (Å²) < 4.78 is 11.3. The number of hydrogen-bond donors (Lipinski definition) is 2. The Bertz CT molecular complexity index is 585. The van der Waals surface area contributed by atoms with Crippen LogP contribution in [-0.2, 0) is 4.79 Å². The van der Waals surface area contributed by atoms with E-state index in [1.165, 1.54) is 7.11 Å². The molecule has 0 fully saturated rings. The lowest BCUT2D eigenvalue weighted by molar-refractivity contribution is -0.116. The predicted octanol–water partition coefficient (Wildman–Crippen LogP) is 2.37. The lowest BCUT2D eigenvalue weighted by Crippen LogP contribution is -2.13. The molecule has 1 aromatic heterocycles. The normalized spacial score (nSPS) is 10.2. The minimum Gasteiger partial charge on any atom is -0.494 e. The summed E-state index contributed by atoms with van der Waals surface area (Å²) in [5.74, 6) is 0.887. The van der Waals surface area contributed by atoms with Gasteiger partial charge < -0.3 is 9.47 Å². The molecule has 0 saturated heterocycles. The molecule has 0 radical (unpaired) electrons. The van der Waals surface area contributed by atoms with Crippen molar-refractivity contribution in [2.24, 2.45) is 0 Å². The fourth-order valence-corrected chi connectivity index (χ4v) is 1.81. The van der Waals surface area contributed by atoms with Crippen LogP contribution in [-0.4, -0.2) is 34.8 Å². The third kappa shape index (κ3) is 5.07. The van der Waals surface area contributed by atoms with E-state index >= 15 is 0 Å². The Labute approximate surface area is 130 Å². The molecule has 0 atom stereocenters. The number of benzene rings is 1. The number of carbonyl (C=O) groups is 1. The molecule has 0 saturated carbocycles. The molecule has 2 N–H and O–H groups in total. The number of ether oxygens (including phenoxy) is 2. The first kappa shape index (κ1) is 15.3. The molecular weight excluding hydrogens is 340 g/mol. The Hall–Kier alpha value is -2.09. The largest absolute Gasteiger partial charge is 0.494 e. The van der Waals surface area contributed by atoms with Crippen LogP contribution in [0.1, 0.15) is 12.8 Å². The molecule has 0 aliphatic heterocycles. The van der Waals surface area contributed by atoms with E-state index in [0.29, 0.717) is 19.4 Å². The van der Waals surface area contributed by atoms with Crippen LogP contribution in [0.5, 0.6) is 11.8 Å². The quantitative estimate of drug-likeness (QED) is 0.745. The smallest absolute Gasteiger partial charge is 0.336 e. The second kappa shape index (κ2) is 7.63. The van der Waals surface area contributed by atoms with Gasteiger partial charge in [-0.2, -0.15) is 4.98 Å². The molecule has 0 aliphatic carbocycles. The van der Waals surface area contributed by atoms with Crippen molar-refractivity contribution in [1.82, 2.24) is 15.2 Å². The molecule has 0 aliphatic rings. The van der Waals surface area contributed by atoms with Gasteiger partial charge in [-0.3, -0.25) is 10.1 Å². The zero-order valence-corrected chi connectivity index (χ0v) is 13.0. The van der Waals surface area contributed by atoms with Crippen molar-refractivity contribution in [3.63, 3.8) is 0 Å². The van der Waals surface area contributed by atoms with Crippen LogP contribution in [0, 0.1) is 0 Å². The standard InChI is InChI=1S/C13H15BrN4O3/c1-20-13-16-12(17-18-13)15-11(19)3-2-8-21-10-6-4-9(14)5-7-10/h4-7H,2-3,8H2,1H3,(H2,15,16,17,18,19). The van der Waals surface area contributed by atoms with Crippen molar-refractivity contribution < 1.29 is 14.3 Å². The molecule has 0 bridgehead atoms. The van der Waals surface area contributed by atoms with Gasteiger partial charge in [0.15, 0.2) is 0 Å². The zero-order valence-electron chi connectivity index (χ0n) is 11.4. The zero-order chi connectivity index (χ0) is 15.1. The van der Waals surface area contributed by atoms with Crippen LogP contribution in [0.2, 0.25) is 0 Å². The summed E-state index contributed by atoms with van der Waals surface area (Å²) in [5, 5.41) is 8.88. The number of aromatic amines is 1. The molecular formula is C13H15BrN4O3. The Morgan fingerprint density at radius 2 is 2.14 bits per heavy atom. The van der Waals surface area contributed by atoms with Gasteiger partial charge in [0.1, 0.15) is 5.75 Å². The number of H-pyrrole nitrogens is 1. The van der Waals surface area contributed by atoms with Crippen LogP contribution in [0.4, 0.5) is 5.95 Å². The minimum atomic E-state index is -0.159. The number of aromatic nitrogens is 3. The van der Waals surface area contributed by atoms with Gasteiger partial charge in [0.05, 0.1) is 13.7 Å². The molecule has 2 aromatic rings. The predicted molar refractivity (Wildman–Crippen MR) is 80.4 cm³/mol. The van der Waals surface area contributed by atoms with E-state index in [1.807, 2.05) is 24.3 Å². The fraction of sp³-hybridized carbons (Fsp3) is 0.308. The van der Waals surface area contributed by atoms with Crippen LogP contribution in [0.25, 0.3) is 0 Å². The van der Waals surface area contributed by atoms with Crippen LogP contribution < -0.4 is 14.8 Å². The van der Waals surface area contributed by atoms with Gasteiger partial charge in [0, 0.05) is 10.9 Å². The molecule has 8 heteroatoms. The second-order valence-electron chi connectivity index (χ2n) is 4.12. The topological polar surface area (TPSA) is 89.1 Å². The lowest BCUT2D eigenvalue weighted by atomic mass is 10.3. The Morgan fingerprint density at radius 3 is 2.81 bits per heavy atom. The number of rotatable bonds is 7. The number of halogens is 1. The van der Waals surface area contributed by atoms with E-state index in [1.54, 1.807) is 0 Å². The molecule has 1 aromatic carbocycles. The summed E-state index contributed by atoms with van der Waals surface area (Å²) in [6.45, 7) is 0.467.